The van der Waals surface area contributed by atoms with Crippen LogP contribution in [0.1, 0.15) is 5.56 Å². The van der Waals surface area contributed by atoms with Gasteiger partial charge in [0.1, 0.15) is 0 Å². The van der Waals surface area contributed by atoms with Gasteiger partial charge >= 0.3 is 0 Å². The Morgan fingerprint density at radius 3 is 2.93 bits per heavy atom. The largest absolute Gasteiger partial charge is 0.499 e. The predicted octanol–water partition coefficient (Wildman–Crippen LogP) is 3.28. The molecule has 0 saturated carbocycles. The molecule has 1 aromatic carbocycles. The van der Waals surface area contributed by atoms with Gasteiger partial charge in [0.2, 0.25) is 0 Å². The van der Waals surface area contributed by atoms with Gasteiger partial charge in [-0.2, -0.15) is 5.26 Å². The van der Waals surface area contributed by atoms with Gasteiger partial charge in [-0.05, 0) is 51.7 Å². The highest BCUT2D eigenvalue weighted by Crippen LogP contribution is 2.33. The number of rotatable bonds is 1. The fourth-order valence-corrected chi connectivity index (χ4v) is 2.84. The molecule has 0 bridgehead atoms. The second-order valence-corrected chi connectivity index (χ2v) is 5.13. The summed E-state index contributed by atoms with van der Waals surface area (Å²) in [6.45, 7) is 0. The van der Waals surface area contributed by atoms with Crippen LogP contribution in [-0.2, 0) is 6.42 Å². The van der Waals surface area contributed by atoms with Gasteiger partial charge in [-0.15, -0.1) is 0 Å². The summed E-state index contributed by atoms with van der Waals surface area (Å²) in [5, 5.41) is 19.3. The summed E-state index contributed by atoms with van der Waals surface area (Å²) >= 11 is 3.56. The van der Waals surface area contributed by atoms with Gasteiger partial charge < -0.3 is 5.11 Å². The van der Waals surface area contributed by atoms with E-state index < -0.39 is 0 Å². The number of nitrogens with zero attached hydrogens (tertiary/aromatic N) is 1. The lowest BCUT2D eigenvalue weighted by atomic mass is 10.1. The van der Waals surface area contributed by atoms with E-state index in [1.165, 1.54) is 11.3 Å². The molecule has 1 heterocycles. The van der Waals surface area contributed by atoms with Crippen LogP contribution >= 0.6 is 33.9 Å². The van der Waals surface area contributed by atoms with Crippen LogP contribution in [0.5, 0.6) is 5.06 Å². The molecule has 2 rings (SSSR count). The lowest BCUT2D eigenvalue weighted by Gasteiger charge is -1.99. The number of thiophene rings is 1. The summed E-state index contributed by atoms with van der Waals surface area (Å²) in [6.07, 6.45) is 0.423. The fraction of sp³-hybridized carbons (Fsp3) is 0.100. The number of aromatic hydroxyl groups is 1. The zero-order valence-corrected chi connectivity index (χ0v) is 10.1. The fourth-order valence-electron chi connectivity index (χ4n) is 1.31. The smallest absolute Gasteiger partial charge is 0.172 e. The molecular formula is C10H6INOS. The van der Waals surface area contributed by atoms with E-state index in [0.29, 0.717) is 11.5 Å². The Morgan fingerprint density at radius 1 is 1.43 bits per heavy atom. The van der Waals surface area contributed by atoms with E-state index in [4.69, 9.17) is 5.26 Å². The lowest BCUT2D eigenvalue weighted by molar-refractivity contribution is 0.491. The first-order valence-corrected chi connectivity index (χ1v) is 5.88. The second-order valence-electron chi connectivity index (χ2n) is 2.90. The molecule has 2 aromatic rings. The zero-order valence-electron chi connectivity index (χ0n) is 7.12. The van der Waals surface area contributed by atoms with Crippen LogP contribution in [0.4, 0.5) is 0 Å². The summed E-state index contributed by atoms with van der Waals surface area (Å²) in [7, 11) is 0. The highest BCUT2D eigenvalue weighted by Gasteiger charge is 2.05. The van der Waals surface area contributed by atoms with Gasteiger partial charge in [-0.1, -0.05) is 11.3 Å². The first kappa shape index (κ1) is 9.74. The molecule has 0 fully saturated rings. The van der Waals surface area contributed by atoms with Gasteiger partial charge in [0.05, 0.1) is 12.5 Å². The number of halogens is 1. The van der Waals surface area contributed by atoms with Gasteiger partial charge in [0, 0.05) is 8.27 Å². The Kier molecular flexibility index (Phi) is 2.61. The molecule has 0 aliphatic heterocycles. The van der Waals surface area contributed by atoms with E-state index in [1.807, 2.05) is 12.1 Å². The molecule has 0 saturated heterocycles. The molecule has 0 amide bonds. The summed E-state index contributed by atoms with van der Waals surface area (Å²) in [4.78, 5) is 0. The van der Waals surface area contributed by atoms with E-state index in [1.54, 1.807) is 6.07 Å². The highest BCUT2D eigenvalue weighted by molar-refractivity contribution is 14.1. The molecule has 14 heavy (non-hydrogen) atoms. The van der Waals surface area contributed by atoms with Crippen molar-refractivity contribution in [3.05, 3.63) is 27.3 Å². The second kappa shape index (κ2) is 3.75. The Morgan fingerprint density at radius 2 is 2.21 bits per heavy atom. The summed E-state index contributed by atoms with van der Waals surface area (Å²) in [6, 6.07) is 7.86. The number of fused-ring (bicyclic) bond motifs is 1. The maximum absolute atomic E-state index is 9.32. The average molecular weight is 315 g/mol. The SMILES string of the molecule is N#CCc1cc2sc(O)cc2cc1I. The molecule has 0 aliphatic rings. The minimum Gasteiger partial charge on any atom is -0.499 e. The van der Waals surface area contributed by atoms with Crippen LogP contribution in [0.3, 0.4) is 0 Å². The van der Waals surface area contributed by atoms with E-state index in [9.17, 15) is 5.11 Å². The van der Waals surface area contributed by atoms with E-state index in [0.717, 1.165) is 19.2 Å². The Labute approximate surface area is 98.9 Å². The maximum Gasteiger partial charge on any atom is 0.172 e. The van der Waals surface area contributed by atoms with E-state index in [2.05, 4.69) is 28.7 Å². The minimum absolute atomic E-state index is 0.324. The zero-order chi connectivity index (χ0) is 10.1. The molecule has 0 aliphatic carbocycles. The summed E-state index contributed by atoms with van der Waals surface area (Å²) < 4.78 is 2.11. The van der Waals surface area contributed by atoms with Gasteiger partial charge in [-0.25, -0.2) is 0 Å². The van der Waals surface area contributed by atoms with Gasteiger partial charge in [0.15, 0.2) is 5.06 Å². The van der Waals surface area contributed by atoms with Crippen molar-refractivity contribution in [3.63, 3.8) is 0 Å². The van der Waals surface area contributed by atoms with Crippen molar-refractivity contribution in [2.45, 2.75) is 6.42 Å². The van der Waals surface area contributed by atoms with Crippen molar-refractivity contribution in [2.75, 3.05) is 0 Å². The van der Waals surface area contributed by atoms with Crippen molar-refractivity contribution in [2.24, 2.45) is 0 Å². The highest BCUT2D eigenvalue weighted by atomic mass is 127. The number of hydrogen-bond acceptors (Lipinski definition) is 3. The number of benzene rings is 1. The molecular weight excluding hydrogens is 309 g/mol. The van der Waals surface area contributed by atoms with Crippen molar-refractivity contribution in [1.82, 2.24) is 0 Å². The molecule has 70 valence electrons. The molecule has 0 atom stereocenters. The third kappa shape index (κ3) is 1.70. The van der Waals surface area contributed by atoms with Gasteiger partial charge in [-0.3, -0.25) is 0 Å². The van der Waals surface area contributed by atoms with E-state index in [-0.39, 0.29) is 0 Å². The average Bonchev–Trinajstić information content (AvgIpc) is 2.45. The number of hydrogen-bond donors (Lipinski definition) is 1. The molecule has 0 radical (unpaired) electrons. The van der Waals surface area contributed by atoms with Crippen LogP contribution in [0.2, 0.25) is 0 Å². The summed E-state index contributed by atoms with van der Waals surface area (Å²) in [5.74, 6) is 0. The molecule has 2 nitrogen and oxygen atoms in total. The van der Waals surface area contributed by atoms with Gasteiger partial charge in [0.25, 0.3) is 0 Å². The van der Waals surface area contributed by atoms with Crippen LogP contribution in [0.15, 0.2) is 18.2 Å². The normalized spacial score (nSPS) is 10.3. The van der Waals surface area contributed by atoms with Crippen molar-refractivity contribution >= 4 is 44.0 Å². The molecule has 0 unspecified atom stereocenters. The topological polar surface area (TPSA) is 44.0 Å². The quantitative estimate of drug-likeness (QED) is 0.821. The number of nitriles is 1. The van der Waals surface area contributed by atoms with Crippen LogP contribution in [0, 0.1) is 14.9 Å². The van der Waals surface area contributed by atoms with Crippen molar-refractivity contribution in [3.8, 4) is 11.1 Å². The van der Waals surface area contributed by atoms with Crippen LogP contribution in [0.25, 0.3) is 10.1 Å². The van der Waals surface area contributed by atoms with Crippen LogP contribution in [-0.4, -0.2) is 5.11 Å². The monoisotopic (exact) mass is 315 g/mol. The third-order valence-electron chi connectivity index (χ3n) is 1.94. The first-order valence-electron chi connectivity index (χ1n) is 3.98. The molecule has 0 spiro atoms. The predicted molar refractivity (Wildman–Crippen MR) is 65.5 cm³/mol. The van der Waals surface area contributed by atoms with Crippen molar-refractivity contribution in [1.29, 1.82) is 5.26 Å². The van der Waals surface area contributed by atoms with Crippen LogP contribution < -0.4 is 0 Å². The summed E-state index contributed by atoms with van der Waals surface area (Å²) in [5.41, 5.74) is 1.03. The van der Waals surface area contributed by atoms with E-state index >= 15 is 0 Å². The Balaban J connectivity index is 2.65. The molecule has 4 heteroatoms. The first-order chi connectivity index (χ1) is 6.70. The third-order valence-corrected chi connectivity index (χ3v) is 3.85. The lowest BCUT2D eigenvalue weighted by Crippen LogP contribution is -1.85. The standard InChI is InChI=1S/C10H6INOS/c11-8-3-7-5-10(13)14-9(7)4-6(8)1-2-12/h3-5,13H,1H2. The molecule has 1 N–H and O–H groups in total. The minimum atomic E-state index is 0.324. The Hall–Kier alpha value is -0.800. The maximum atomic E-state index is 9.32. The molecule has 1 aromatic heterocycles. The van der Waals surface area contributed by atoms with Crippen molar-refractivity contribution < 1.29 is 5.11 Å². The Bertz CT molecular complexity index is 527.